The van der Waals surface area contributed by atoms with Gasteiger partial charge in [-0.05, 0) is 60.7 Å². The van der Waals surface area contributed by atoms with Crippen LogP contribution in [0.25, 0.3) is 6.08 Å². The van der Waals surface area contributed by atoms with Crippen molar-refractivity contribution in [2.75, 3.05) is 7.11 Å². The molecule has 0 aliphatic carbocycles. The van der Waals surface area contributed by atoms with Gasteiger partial charge in [-0.15, -0.1) is 0 Å². The minimum atomic E-state index is -0.546. The van der Waals surface area contributed by atoms with Crippen molar-refractivity contribution in [2.45, 2.75) is 0 Å². The highest BCUT2D eigenvalue weighted by Gasteiger charge is 2.14. The van der Waals surface area contributed by atoms with Crippen LogP contribution in [-0.2, 0) is 0 Å². The molecule has 3 rings (SSSR count). The third-order valence-corrected chi connectivity index (χ3v) is 4.74. The summed E-state index contributed by atoms with van der Waals surface area (Å²) in [4.78, 5) is 24.7. The smallest absolute Gasteiger partial charge is 0.347 e. The Labute approximate surface area is 178 Å². The van der Waals surface area contributed by atoms with Gasteiger partial charge in [0.15, 0.2) is 5.78 Å². The first-order valence-corrected chi connectivity index (χ1v) is 9.37. The third-order valence-electron chi connectivity index (χ3n) is 4.08. The Kier molecular flexibility index (Phi) is 6.70. The van der Waals surface area contributed by atoms with Crippen molar-refractivity contribution in [3.63, 3.8) is 0 Å². The summed E-state index contributed by atoms with van der Waals surface area (Å²) >= 11 is 12.2. The number of benzene rings is 3. The maximum absolute atomic E-state index is 12.4. The Hall–Kier alpha value is -3.08. The molecule has 0 radical (unpaired) electrons. The molecule has 0 fully saturated rings. The minimum Gasteiger partial charge on any atom is -0.496 e. The van der Waals surface area contributed by atoms with Gasteiger partial charge >= 0.3 is 5.97 Å². The predicted octanol–water partition coefficient (Wildman–Crippen LogP) is 6.12. The van der Waals surface area contributed by atoms with Gasteiger partial charge in [-0.3, -0.25) is 4.79 Å². The Morgan fingerprint density at radius 2 is 1.52 bits per heavy atom. The Bertz CT molecular complexity index is 1050. The number of carbonyl (C=O) groups is 2. The first-order chi connectivity index (χ1) is 14.0. The van der Waals surface area contributed by atoms with E-state index in [0.717, 1.165) is 0 Å². The molecule has 0 aliphatic rings. The van der Waals surface area contributed by atoms with Crippen LogP contribution in [0, 0.1) is 0 Å². The van der Waals surface area contributed by atoms with E-state index in [1.165, 1.54) is 13.2 Å². The number of ketones is 1. The fraction of sp³-hybridized carbons (Fsp3) is 0.0435. The second-order valence-corrected chi connectivity index (χ2v) is 6.76. The number of halogens is 2. The number of hydrogen-bond donors (Lipinski definition) is 0. The van der Waals surface area contributed by atoms with Gasteiger partial charge in [0.25, 0.3) is 0 Å². The molecule has 0 saturated carbocycles. The van der Waals surface area contributed by atoms with Gasteiger partial charge in [-0.2, -0.15) is 0 Å². The van der Waals surface area contributed by atoms with E-state index in [1.54, 1.807) is 72.8 Å². The SMILES string of the molecule is COc1ccccc1C(=O)Oc1ccc(C(=O)C=Cc2c(Cl)cccc2Cl)cc1. The lowest BCUT2D eigenvalue weighted by atomic mass is 10.1. The fourth-order valence-corrected chi connectivity index (χ4v) is 3.11. The maximum Gasteiger partial charge on any atom is 0.347 e. The zero-order valence-electron chi connectivity index (χ0n) is 15.4. The molecule has 6 heteroatoms. The standard InChI is InChI=1S/C23H16Cl2O4/c1-28-22-8-3-2-5-18(22)23(27)29-16-11-9-15(10-12-16)21(26)14-13-17-19(24)6-4-7-20(17)25/h2-14H,1H3. The quantitative estimate of drug-likeness (QED) is 0.206. The molecule has 0 unspecified atom stereocenters. The molecular weight excluding hydrogens is 411 g/mol. The van der Waals surface area contributed by atoms with E-state index in [0.29, 0.717) is 38.2 Å². The summed E-state index contributed by atoms with van der Waals surface area (Å²) in [7, 11) is 1.48. The number of methoxy groups -OCH3 is 1. The largest absolute Gasteiger partial charge is 0.496 e. The zero-order valence-corrected chi connectivity index (χ0v) is 16.9. The average Bonchev–Trinajstić information content (AvgIpc) is 2.73. The van der Waals surface area contributed by atoms with Crippen LogP contribution in [0.2, 0.25) is 10.0 Å². The molecule has 0 atom stereocenters. The summed E-state index contributed by atoms with van der Waals surface area (Å²) in [6.45, 7) is 0. The number of carbonyl (C=O) groups excluding carboxylic acids is 2. The molecule has 0 bridgehead atoms. The molecular formula is C23H16Cl2O4. The molecule has 0 spiro atoms. The normalized spacial score (nSPS) is 10.7. The van der Waals surface area contributed by atoms with E-state index in [-0.39, 0.29) is 5.78 Å². The Morgan fingerprint density at radius 1 is 0.862 bits per heavy atom. The van der Waals surface area contributed by atoms with E-state index >= 15 is 0 Å². The average molecular weight is 427 g/mol. The van der Waals surface area contributed by atoms with E-state index in [1.807, 2.05) is 0 Å². The number of esters is 1. The van der Waals surface area contributed by atoms with Crippen molar-refractivity contribution in [1.82, 2.24) is 0 Å². The minimum absolute atomic E-state index is 0.233. The van der Waals surface area contributed by atoms with Crippen LogP contribution in [0.5, 0.6) is 11.5 Å². The number of rotatable bonds is 6. The monoisotopic (exact) mass is 426 g/mol. The van der Waals surface area contributed by atoms with Crippen LogP contribution >= 0.6 is 23.2 Å². The number of allylic oxidation sites excluding steroid dienone is 1. The molecule has 0 aromatic heterocycles. The lowest BCUT2D eigenvalue weighted by Gasteiger charge is -2.08. The lowest BCUT2D eigenvalue weighted by molar-refractivity contribution is 0.0731. The van der Waals surface area contributed by atoms with Gasteiger partial charge in [0.1, 0.15) is 17.1 Å². The van der Waals surface area contributed by atoms with Crippen molar-refractivity contribution >= 4 is 41.0 Å². The molecule has 146 valence electrons. The van der Waals surface area contributed by atoms with Crippen LogP contribution in [0.4, 0.5) is 0 Å². The summed E-state index contributed by atoms with van der Waals surface area (Å²) in [5.41, 5.74) is 1.32. The number of hydrogen-bond acceptors (Lipinski definition) is 4. The van der Waals surface area contributed by atoms with Crippen molar-refractivity contribution in [1.29, 1.82) is 0 Å². The molecule has 0 aliphatic heterocycles. The van der Waals surface area contributed by atoms with Gasteiger partial charge in [-0.1, -0.05) is 41.4 Å². The van der Waals surface area contributed by atoms with Crippen molar-refractivity contribution < 1.29 is 19.1 Å². The van der Waals surface area contributed by atoms with Crippen LogP contribution in [0.3, 0.4) is 0 Å². The van der Waals surface area contributed by atoms with E-state index in [2.05, 4.69) is 0 Å². The first kappa shape index (κ1) is 20.6. The molecule has 3 aromatic rings. The second-order valence-electron chi connectivity index (χ2n) is 5.95. The van der Waals surface area contributed by atoms with E-state index in [4.69, 9.17) is 32.7 Å². The summed E-state index contributed by atoms with van der Waals surface area (Å²) < 4.78 is 10.5. The highest BCUT2D eigenvalue weighted by molar-refractivity contribution is 6.37. The highest BCUT2D eigenvalue weighted by atomic mass is 35.5. The molecule has 0 amide bonds. The summed E-state index contributed by atoms with van der Waals surface area (Å²) in [6, 6.07) is 18.2. The fourth-order valence-electron chi connectivity index (χ4n) is 2.59. The molecule has 4 nitrogen and oxygen atoms in total. The Morgan fingerprint density at radius 3 is 2.17 bits per heavy atom. The van der Waals surface area contributed by atoms with Crippen LogP contribution in [-0.4, -0.2) is 18.9 Å². The van der Waals surface area contributed by atoms with Crippen molar-refractivity contribution in [2.24, 2.45) is 0 Å². The first-order valence-electron chi connectivity index (χ1n) is 8.61. The van der Waals surface area contributed by atoms with Gasteiger partial charge < -0.3 is 9.47 Å². The zero-order chi connectivity index (χ0) is 20.8. The molecule has 0 heterocycles. The van der Waals surface area contributed by atoms with Crippen molar-refractivity contribution in [3.05, 3.63) is 99.5 Å². The van der Waals surface area contributed by atoms with Gasteiger partial charge in [-0.25, -0.2) is 4.79 Å². The van der Waals surface area contributed by atoms with Gasteiger partial charge in [0, 0.05) is 21.2 Å². The Balaban J connectivity index is 1.70. The lowest BCUT2D eigenvalue weighted by Crippen LogP contribution is -2.10. The molecule has 29 heavy (non-hydrogen) atoms. The van der Waals surface area contributed by atoms with Crippen molar-refractivity contribution in [3.8, 4) is 11.5 Å². The number of ether oxygens (including phenoxy) is 2. The topological polar surface area (TPSA) is 52.6 Å². The predicted molar refractivity (Wildman–Crippen MR) is 114 cm³/mol. The number of para-hydroxylation sites is 1. The van der Waals surface area contributed by atoms with E-state index in [9.17, 15) is 9.59 Å². The van der Waals surface area contributed by atoms with Crippen LogP contribution < -0.4 is 9.47 Å². The summed E-state index contributed by atoms with van der Waals surface area (Å²) in [6.07, 6.45) is 2.96. The summed E-state index contributed by atoms with van der Waals surface area (Å²) in [5.74, 6) is -0.0402. The third kappa shape index (κ3) is 5.05. The molecule has 0 saturated heterocycles. The highest BCUT2D eigenvalue weighted by Crippen LogP contribution is 2.26. The second kappa shape index (κ2) is 9.41. The van der Waals surface area contributed by atoms with E-state index < -0.39 is 5.97 Å². The van der Waals surface area contributed by atoms with Crippen LogP contribution in [0.15, 0.2) is 72.8 Å². The van der Waals surface area contributed by atoms with Crippen LogP contribution in [0.1, 0.15) is 26.3 Å². The van der Waals surface area contributed by atoms with Gasteiger partial charge in [0.05, 0.1) is 7.11 Å². The van der Waals surface area contributed by atoms with Gasteiger partial charge in [0.2, 0.25) is 0 Å². The maximum atomic E-state index is 12.4. The molecule has 0 N–H and O–H groups in total. The molecule has 3 aromatic carbocycles. The summed E-state index contributed by atoms with van der Waals surface area (Å²) in [5, 5.41) is 0.917.